The Kier molecular flexibility index (Phi) is 6.86. The van der Waals surface area contributed by atoms with Crippen molar-refractivity contribution < 1.29 is 9.63 Å². The number of rotatable bonds is 4. The van der Waals surface area contributed by atoms with E-state index in [-0.39, 0.29) is 0 Å². The van der Waals surface area contributed by atoms with Gasteiger partial charge in [-0.05, 0) is 13.8 Å². The molecule has 0 unspecified atom stereocenters. The summed E-state index contributed by atoms with van der Waals surface area (Å²) in [5.41, 5.74) is -0.846. The van der Waals surface area contributed by atoms with Crippen LogP contribution in [0, 0.1) is 16.7 Å². The molecule has 0 radical (unpaired) electrons. The average molecular weight is 331 g/mol. The highest BCUT2D eigenvalue weighted by molar-refractivity contribution is 8.03. The molecule has 1 amide bonds. The van der Waals surface area contributed by atoms with Crippen LogP contribution in [0.4, 0.5) is 4.79 Å². The monoisotopic (exact) mass is 329 g/mol. The van der Waals surface area contributed by atoms with Gasteiger partial charge in [0.2, 0.25) is 0 Å². The lowest BCUT2D eigenvalue weighted by Crippen LogP contribution is -2.21. The van der Waals surface area contributed by atoms with Crippen LogP contribution in [0.3, 0.4) is 0 Å². The number of halogens is 3. The number of carbonyl (C=O) groups excluding carboxylic acids is 1. The van der Waals surface area contributed by atoms with Crippen LogP contribution in [-0.4, -0.2) is 19.7 Å². The van der Waals surface area contributed by atoms with Gasteiger partial charge in [-0.3, -0.25) is 4.84 Å². The standard InChI is InChI=1S/C9H10Cl3N3O2S/c1-4-15(18-9(10,11)12)7(16)17-14-6-8(2,3)5-13/h4,6H,1H2,2-3H3/b14-6+. The second kappa shape index (κ2) is 7.10. The Hall–Kier alpha value is -0.610. The largest absolute Gasteiger partial charge is 0.450 e. The topological polar surface area (TPSA) is 65.7 Å². The Morgan fingerprint density at radius 3 is 2.50 bits per heavy atom. The molecule has 0 fully saturated rings. The molecule has 5 nitrogen and oxygen atoms in total. The fraction of sp³-hybridized carbons (Fsp3) is 0.444. The van der Waals surface area contributed by atoms with Gasteiger partial charge >= 0.3 is 6.09 Å². The van der Waals surface area contributed by atoms with Crippen LogP contribution >= 0.6 is 46.8 Å². The molecule has 0 N–H and O–H groups in total. The smallest absolute Gasteiger partial charge is 0.297 e. The van der Waals surface area contributed by atoms with Crippen molar-refractivity contribution >= 4 is 59.1 Å². The molecule has 18 heavy (non-hydrogen) atoms. The van der Waals surface area contributed by atoms with E-state index in [2.05, 4.69) is 16.6 Å². The number of nitrogens with zero attached hydrogens (tertiary/aromatic N) is 3. The molecule has 100 valence electrons. The van der Waals surface area contributed by atoms with Crippen LogP contribution in [0.5, 0.6) is 0 Å². The number of oxime groups is 1. The highest BCUT2D eigenvalue weighted by atomic mass is 35.6. The van der Waals surface area contributed by atoms with Crippen molar-refractivity contribution in [3.63, 3.8) is 0 Å². The fourth-order valence-electron chi connectivity index (χ4n) is 0.533. The SMILES string of the molecule is C=CN(SC(Cl)(Cl)Cl)C(=O)O/N=C/C(C)(C)C#N. The molecule has 0 bridgehead atoms. The van der Waals surface area contributed by atoms with Gasteiger partial charge in [-0.25, -0.2) is 9.10 Å². The van der Waals surface area contributed by atoms with E-state index in [4.69, 9.17) is 40.1 Å². The molecule has 0 aromatic heterocycles. The molecule has 9 heteroatoms. The number of hydrogen-bond acceptors (Lipinski definition) is 5. The summed E-state index contributed by atoms with van der Waals surface area (Å²) in [6.07, 6.45) is 1.40. The van der Waals surface area contributed by atoms with E-state index in [1.165, 1.54) is 6.21 Å². The second-order valence-electron chi connectivity index (χ2n) is 3.47. The number of nitriles is 1. The molecule has 0 aromatic rings. The van der Waals surface area contributed by atoms with Gasteiger partial charge in [0, 0.05) is 18.1 Å². The molecule has 0 aliphatic rings. The zero-order valence-electron chi connectivity index (χ0n) is 9.56. The zero-order valence-corrected chi connectivity index (χ0v) is 12.6. The molecule has 0 spiro atoms. The van der Waals surface area contributed by atoms with Gasteiger partial charge in [0.1, 0.15) is 0 Å². The first-order valence-electron chi connectivity index (χ1n) is 4.46. The van der Waals surface area contributed by atoms with E-state index in [0.29, 0.717) is 11.9 Å². The molecule has 0 saturated carbocycles. The van der Waals surface area contributed by atoms with E-state index in [1.54, 1.807) is 13.8 Å². The number of hydrogen-bond donors (Lipinski definition) is 0. The minimum Gasteiger partial charge on any atom is -0.297 e. The number of alkyl halides is 3. The van der Waals surface area contributed by atoms with Gasteiger partial charge in [0.25, 0.3) is 3.12 Å². The van der Waals surface area contributed by atoms with Crippen molar-refractivity contribution in [2.75, 3.05) is 0 Å². The number of amides is 1. The Morgan fingerprint density at radius 1 is 1.56 bits per heavy atom. The summed E-state index contributed by atoms with van der Waals surface area (Å²) in [6, 6.07) is 1.95. The van der Waals surface area contributed by atoms with Crippen LogP contribution in [0.2, 0.25) is 0 Å². The predicted octanol–water partition coefficient (Wildman–Crippen LogP) is 4.08. The molecule has 0 aliphatic heterocycles. The normalized spacial score (nSPS) is 12.0. The average Bonchev–Trinajstić information content (AvgIpc) is 2.24. The maximum atomic E-state index is 11.5. The minimum absolute atomic E-state index is 0.572. The predicted molar refractivity (Wildman–Crippen MR) is 74.3 cm³/mol. The van der Waals surface area contributed by atoms with E-state index in [0.717, 1.165) is 10.5 Å². The first-order valence-corrected chi connectivity index (χ1v) is 6.36. The number of carbonyl (C=O) groups is 1. The highest BCUT2D eigenvalue weighted by Gasteiger charge is 2.28. The summed E-state index contributed by atoms with van der Waals surface area (Å²) >= 11 is 17.1. The van der Waals surface area contributed by atoms with Crippen LogP contribution in [0.15, 0.2) is 17.9 Å². The van der Waals surface area contributed by atoms with Crippen molar-refractivity contribution in [1.29, 1.82) is 5.26 Å². The van der Waals surface area contributed by atoms with Gasteiger partial charge in [-0.1, -0.05) is 46.5 Å². The van der Waals surface area contributed by atoms with E-state index in [1.807, 2.05) is 6.07 Å². The van der Waals surface area contributed by atoms with E-state index >= 15 is 0 Å². The van der Waals surface area contributed by atoms with Gasteiger partial charge in [-0.2, -0.15) is 5.26 Å². The Balaban J connectivity index is 4.49. The van der Waals surface area contributed by atoms with E-state index in [9.17, 15) is 4.79 Å². The molecule has 0 heterocycles. The lowest BCUT2D eigenvalue weighted by atomic mass is 9.98. The summed E-state index contributed by atoms with van der Waals surface area (Å²) < 4.78 is -0.868. The van der Waals surface area contributed by atoms with E-state index < -0.39 is 14.6 Å². The molecule has 0 saturated heterocycles. The Labute approximate surface area is 124 Å². The third-order valence-electron chi connectivity index (χ3n) is 1.34. The molecule has 0 aromatic carbocycles. The summed E-state index contributed by atoms with van der Waals surface area (Å²) in [5.74, 6) is 0. The zero-order chi connectivity index (χ0) is 14.4. The molecule has 0 rings (SSSR count). The highest BCUT2D eigenvalue weighted by Crippen LogP contribution is 2.41. The van der Waals surface area contributed by atoms with Gasteiger partial charge in [0.05, 0.1) is 17.7 Å². The third-order valence-corrected chi connectivity index (χ3v) is 2.66. The minimum atomic E-state index is -1.73. The van der Waals surface area contributed by atoms with Gasteiger partial charge in [-0.15, -0.1) is 0 Å². The Bertz CT molecular complexity index is 387. The molecule has 0 atom stereocenters. The van der Waals surface area contributed by atoms with Crippen LogP contribution in [0.25, 0.3) is 0 Å². The summed E-state index contributed by atoms with van der Waals surface area (Å²) in [6.45, 7) is 6.57. The Morgan fingerprint density at radius 2 is 2.11 bits per heavy atom. The third kappa shape index (κ3) is 7.67. The first-order chi connectivity index (χ1) is 8.11. The van der Waals surface area contributed by atoms with Crippen molar-refractivity contribution in [1.82, 2.24) is 4.31 Å². The van der Waals surface area contributed by atoms with Gasteiger partial charge in [0.15, 0.2) is 0 Å². The molecular formula is C9H10Cl3N3O2S. The lowest BCUT2D eigenvalue weighted by Gasteiger charge is -2.18. The molecular weight excluding hydrogens is 321 g/mol. The first kappa shape index (κ1) is 17.4. The second-order valence-corrected chi connectivity index (χ2v) is 7.61. The van der Waals surface area contributed by atoms with Crippen LogP contribution < -0.4 is 0 Å². The van der Waals surface area contributed by atoms with Gasteiger partial charge < -0.3 is 0 Å². The van der Waals surface area contributed by atoms with Crippen molar-refractivity contribution in [2.45, 2.75) is 17.0 Å². The summed E-state index contributed by atoms with van der Waals surface area (Å²) in [4.78, 5) is 16.0. The van der Waals surface area contributed by atoms with Crippen LogP contribution in [0.1, 0.15) is 13.8 Å². The van der Waals surface area contributed by atoms with Crippen molar-refractivity contribution in [3.8, 4) is 6.07 Å². The lowest BCUT2D eigenvalue weighted by molar-refractivity contribution is 0.140. The van der Waals surface area contributed by atoms with Crippen molar-refractivity contribution in [3.05, 3.63) is 12.8 Å². The fourth-order valence-corrected chi connectivity index (χ4v) is 1.61. The van der Waals surface area contributed by atoms with Crippen LogP contribution in [-0.2, 0) is 4.84 Å². The quantitative estimate of drug-likeness (QED) is 0.256. The van der Waals surface area contributed by atoms with Crippen molar-refractivity contribution in [2.24, 2.45) is 10.6 Å². The summed E-state index contributed by atoms with van der Waals surface area (Å²) in [5, 5.41) is 12.1. The maximum Gasteiger partial charge on any atom is 0.450 e. The summed E-state index contributed by atoms with van der Waals surface area (Å²) in [7, 11) is 0. The molecule has 0 aliphatic carbocycles. The maximum absolute atomic E-state index is 11.5.